The molecule has 0 amide bonds. The van der Waals surface area contributed by atoms with Crippen LogP contribution in [0.1, 0.15) is 15.6 Å². The molecule has 1 N–H and O–H groups in total. The van der Waals surface area contributed by atoms with E-state index in [0.717, 1.165) is 21.6 Å². The minimum absolute atomic E-state index is 0.0970. The lowest BCUT2D eigenvalue weighted by Gasteiger charge is -1.99. The third-order valence-corrected chi connectivity index (χ3v) is 4.60. The second-order valence-electron chi connectivity index (χ2n) is 3.60. The topological polar surface area (TPSA) is 50.9 Å². The van der Waals surface area contributed by atoms with Gasteiger partial charge in [-0.05, 0) is 19.1 Å². The summed E-state index contributed by atoms with van der Waals surface area (Å²) in [6, 6.07) is 4.04. The summed E-state index contributed by atoms with van der Waals surface area (Å²) in [7, 11) is 1.96. The summed E-state index contributed by atoms with van der Waals surface area (Å²) < 4.78 is 1.98. The van der Waals surface area contributed by atoms with Crippen molar-refractivity contribution in [2.24, 2.45) is 7.05 Å². The van der Waals surface area contributed by atoms with E-state index in [1.54, 1.807) is 23.1 Å². The van der Waals surface area contributed by atoms with Gasteiger partial charge in [0.05, 0.1) is 4.88 Å². The SMILES string of the molecule is Cc1nnc(SCc2ccc(C#CCO)s2)n1C. The minimum atomic E-state index is -0.0970. The monoisotopic (exact) mass is 279 g/mol. The van der Waals surface area contributed by atoms with Crippen LogP contribution in [0, 0.1) is 18.8 Å². The highest BCUT2D eigenvalue weighted by molar-refractivity contribution is 7.98. The van der Waals surface area contributed by atoms with Crippen molar-refractivity contribution < 1.29 is 5.11 Å². The zero-order valence-corrected chi connectivity index (χ0v) is 11.8. The first-order chi connectivity index (χ1) is 8.70. The fourth-order valence-electron chi connectivity index (χ4n) is 1.30. The highest BCUT2D eigenvalue weighted by Crippen LogP contribution is 2.25. The molecular formula is C12H13N3OS2. The second kappa shape index (κ2) is 6.05. The summed E-state index contributed by atoms with van der Waals surface area (Å²) in [5.74, 6) is 7.32. The quantitative estimate of drug-likeness (QED) is 0.688. The van der Waals surface area contributed by atoms with Gasteiger partial charge in [0.2, 0.25) is 0 Å². The Morgan fingerprint density at radius 1 is 1.44 bits per heavy atom. The van der Waals surface area contributed by atoms with Gasteiger partial charge in [-0.25, -0.2) is 0 Å². The Balaban J connectivity index is 1.98. The summed E-state index contributed by atoms with van der Waals surface area (Å²) in [4.78, 5) is 2.22. The lowest BCUT2D eigenvalue weighted by molar-refractivity contribution is 0.350. The lowest BCUT2D eigenvalue weighted by Crippen LogP contribution is -1.93. The van der Waals surface area contributed by atoms with E-state index in [0.29, 0.717) is 0 Å². The van der Waals surface area contributed by atoms with Crippen LogP contribution in [0.25, 0.3) is 0 Å². The minimum Gasteiger partial charge on any atom is -0.384 e. The molecule has 4 nitrogen and oxygen atoms in total. The molecule has 0 unspecified atom stereocenters. The van der Waals surface area contributed by atoms with E-state index in [1.165, 1.54) is 4.88 Å². The zero-order valence-electron chi connectivity index (χ0n) is 10.2. The number of thiophene rings is 1. The van der Waals surface area contributed by atoms with E-state index in [-0.39, 0.29) is 6.61 Å². The molecule has 94 valence electrons. The van der Waals surface area contributed by atoms with Gasteiger partial charge in [-0.3, -0.25) is 0 Å². The summed E-state index contributed by atoms with van der Waals surface area (Å²) in [6.07, 6.45) is 0. The average Bonchev–Trinajstić information content (AvgIpc) is 2.94. The largest absolute Gasteiger partial charge is 0.384 e. The van der Waals surface area contributed by atoms with E-state index >= 15 is 0 Å². The third-order valence-electron chi connectivity index (χ3n) is 2.35. The van der Waals surface area contributed by atoms with Gasteiger partial charge in [0.1, 0.15) is 12.4 Å². The number of thioether (sulfide) groups is 1. The predicted octanol–water partition coefficient (Wildman–Crippen LogP) is 1.82. The van der Waals surface area contributed by atoms with Crippen molar-refractivity contribution in [3.05, 3.63) is 27.7 Å². The van der Waals surface area contributed by atoms with Crippen molar-refractivity contribution in [2.45, 2.75) is 17.8 Å². The normalized spacial score (nSPS) is 10.2. The molecule has 6 heteroatoms. The molecule has 0 fully saturated rings. The van der Waals surface area contributed by atoms with Gasteiger partial charge in [0.25, 0.3) is 0 Å². The molecule has 0 spiro atoms. The first kappa shape index (κ1) is 13.1. The molecule has 0 bridgehead atoms. The highest BCUT2D eigenvalue weighted by atomic mass is 32.2. The number of nitrogens with zero attached hydrogens (tertiary/aromatic N) is 3. The average molecular weight is 279 g/mol. The molecule has 0 aliphatic carbocycles. The first-order valence-electron chi connectivity index (χ1n) is 5.38. The van der Waals surface area contributed by atoms with Crippen molar-refractivity contribution >= 4 is 23.1 Å². The summed E-state index contributed by atoms with van der Waals surface area (Å²) in [6.45, 7) is 1.84. The Hall–Kier alpha value is -1.29. The fraction of sp³-hybridized carbons (Fsp3) is 0.333. The lowest BCUT2D eigenvalue weighted by atomic mass is 10.4. The molecule has 0 aliphatic rings. The summed E-state index contributed by atoms with van der Waals surface area (Å²) in [5.41, 5.74) is 0. The molecule has 0 saturated heterocycles. The van der Waals surface area contributed by atoms with Gasteiger partial charge >= 0.3 is 0 Å². The Kier molecular flexibility index (Phi) is 4.42. The molecule has 2 aromatic rings. The van der Waals surface area contributed by atoms with Gasteiger partial charge < -0.3 is 9.67 Å². The van der Waals surface area contributed by atoms with Crippen molar-refractivity contribution in [2.75, 3.05) is 6.61 Å². The number of rotatable bonds is 3. The van der Waals surface area contributed by atoms with Crippen molar-refractivity contribution in [1.82, 2.24) is 14.8 Å². The van der Waals surface area contributed by atoms with E-state index in [9.17, 15) is 0 Å². The molecule has 2 aromatic heterocycles. The number of aromatic nitrogens is 3. The molecule has 18 heavy (non-hydrogen) atoms. The van der Waals surface area contributed by atoms with Gasteiger partial charge in [0.15, 0.2) is 5.16 Å². The third kappa shape index (κ3) is 3.13. The van der Waals surface area contributed by atoms with Gasteiger partial charge in [-0.1, -0.05) is 23.6 Å². The van der Waals surface area contributed by atoms with Crippen LogP contribution >= 0.6 is 23.1 Å². The number of aryl methyl sites for hydroxylation is 1. The maximum absolute atomic E-state index is 8.63. The molecule has 0 aliphatic heterocycles. The van der Waals surface area contributed by atoms with Crippen LogP contribution < -0.4 is 0 Å². The van der Waals surface area contributed by atoms with Crippen molar-refractivity contribution in [3.63, 3.8) is 0 Å². The van der Waals surface area contributed by atoms with Crippen LogP contribution in [0.15, 0.2) is 17.3 Å². The smallest absolute Gasteiger partial charge is 0.191 e. The maximum Gasteiger partial charge on any atom is 0.191 e. The van der Waals surface area contributed by atoms with E-state index in [4.69, 9.17) is 5.11 Å². The van der Waals surface area contributed by atoms with Crippen LogP contribution in [0.3, 0.4) is 0 Å². The molecule has 0 atom stereocenters. The van der Waals surface area contributed by atoms with Crippen molar-refractivity contribution in [3.8, 4) is 11.8 Å². The number of aliphatic hydroxyl groups is 1. The van der Waals surface area contributed by atoms with Gasteiger partial charge in [-0.2, -0.15) is 0 Å². The molecule has 0 saturated carbocycles. The van der Waals surface area contributed by atoms with Gasteiger partial charge in [-0.15, -0.1) is 21.5 Å². The number of hydrogen-bond acceptors (Lipinski definition) is 5. The summed E-state index contributed by atoms with van der Waals surface area (Å²) in [5, 5.41) is 17.7. The summed E-state index contributed by atoms with van der Waals surface area (Å²) >= 11 is 3.30. The number of hydrogen-bond donors (Lipinski definition) is 1. The number of aliphatic hydroxyl groups excluding tert-OH is 1. The van der Waals surface area contributed by atoms with Crippen LogP contribution in [-0.2, 0) is 12.8 Å². The zero-order chi connectivity index (χ0) is 13.0. The first-order valence-corrected chi connectivity index (χ1v) is 7.18. The predicted molar refractivity (Wildman–Crippen MR) is 73.6 cm³/mol. The molecular weight excluding hydrogens is 266 g/mol. The Labute approximate surface area is 114 Å². The van der Waals surface area contributed by atoms with Crippen LogP contribution in [0.2, 0.25) is 0 Å². The molecule has 2 rings (SSSR count). The molecule has 0 aromatic carbocycles. The Morgan fingerprint density at radius 3 is 2.94 bits per heavy atom. The highest BCUT2D eigenvalue weighted by Gasteiger charge is 2.06. The molecule has 2 heterocycles. The Morgan fingerprint density at radius 2 is 2.28 bits per heavy atom. The van der Waals surface area contributed by atoms with Gasteiger partial charge in [0, 0.05) is 17.7 Å². The van der Waals surface area contributed by atoms with E-state index in [2.05, 4.69) is 28.1 Å². The van der Waals surface area contributed by atoms with Crippen LogP contribution in [0.5, 0.6) is 0 Å². The maximum atomic E-state index is 8.63. The van der Waals surface area contributed by atoms with E-state index in [1.807, 2.05) is 24.6 Å². The van der Waals surface area contributed by atoms with Crippen LogP contribution in [0.4, 0.5) is 0 Å². The van der Waals surface area contributed by atoms with Crippen molar-refractivity contribution in [1.29, 1.82) is 0 Å². The second-order valence-corrected chi connectivity index (χ2v) is 5.71. The Bertz CT molecular complexity index is 592. The van der Waals surface area contributed by atoms with E-state index < -0.39 is 0 Å². The standard InChI is InChI=1S/C12H13N3OS2/c1-9-13-14-12(15(9)2)17-8-11-6-5-10(18-11)4-3-7-16/h5-6,16H,7-8H2,1-2H3. The molecule has 0 radical (unpaired) electrons. The fourth-order valence-corrected chi connectivity index (χ4v) is 3.18. The van der Waals surface area contributed by atoms with Crippen LogP contribution in [-0.4, -0.2) is 26.5 Å².